The van der Waals surface area contributed by atoms with Gasteiger partial charge in [0.15, 0.2) is 0 Å². The Morgan fingerprint density at radius 2 is 1.92 bits per heavy atom. The number of aromatic nitrogens is 2. The van der Waals surface area contributed by atoms with E-state index in [1.165, 1.54) is 22.9 Å². The van der Waals surface area contributed by atoms with E-state index in [9.17, 15) is 14.0 Å². The summed E-state index contributed by atoms with van der Waals surface area (Å²) < 4.78 is 14.4. The van der Waals surface area contributed by atoms with E-state index in [2.05, 4.69) is 10.4 Å². The number of rotatable bonds is 3. The molecular weight excluding hydrogens is 309 g/mol. The lowest BCUT2D eigenvalue weighted by molar-refractivity contribution is -0.115. The molecule has 0 saturated carbocycles. The van der Waals surface area contributed by atoms with Crippen LogP contribution in [0.1, 0.15) is 11.3 Å². The highest BCUT2D eigenvalue weighted by molar-refractivity contribution is 5.95. The summed E-state index contributed by atoms with van der Waals surface area (Å²) in [5.41, 5.74) is 1.51. The van der Waals surface area contributed by atoms with Gasteiger partial charge in [0.05, 0.1) is 17.5 Å². The molecule has 0 spiro atoms. The van der Waals surface area contributed by atoms with Gasteiger partial charge in [-0.1, -0.05) is 18.2 Å². The van der Waals surface area contributed by atoms with Crippen LogP contribution in [0.5, 0.6) is 0 Å². The molecule has 0 aliphatic rings. The molecule has 3 rings (SSSR count). The number of benzene rings is 2. The Morgan fingerprint density at radius 1 is 1.21 bits per heavy atom. The molecule has 0 saturated heterocycles. The van der Waals surface area contributed by atoms with E-state index in [1.807, 2.05) is 0 Å². The van der Waals surface area contributed by atoms with Crippen LogP contribution in [0, 0.1) is 12.7 Å². The monoisotopic (exact) mass is 325 g/mol. The van der Waals surface area contributed by atoms with E-state index >= 15 is 0 Å². The van der Waals surface area contributed by atoms with E-state index in [1.54, 1.807) is 38.2 Å². The summed E-state index contributed by atoms with van der Waals surface area (Å²) in [5, 5.41) is 8.14. The lowest BCUT2D eigenvalue weighted by atomic mass is 10.1. The molecule has 1 amide bonds. The first-order valence-corrected chi connectivity index (χ1v) is 7.46. The van der Waals surface area contributed by atoms with Gasteiger partial charge in [-0.15, -0.1) is 0 Å². The predicted molar refractivity (Wildman–Crippen MR) is 90.5 cm³/mol. The second-order valence-electron chi connectivity index (χ2n) is 5.61. The number of aryl methyl sites for hydroxylation is 2. The summed E-state index contributed by atoms with van der Waals surface area (Å²) in [4.78, 5) is 24.4. The number of carbonyl (C=O) groups excluding carboxylic acids is 1. The van der Waals surface area contributed by atoms with Crippen LogP contribution in [0.2, 0.25) is 0 Å². The van der Waals surface area contributed by atoms with Crippen molar-refractivity contribution in [2.45, 2.75) is 13.3 Å². The molecule has 122 valence electrons. The quantitative estimate of drug-likeness (QED) is 0.805. The number of carbonyl (C=O) groups is 1. The Labute approximate surface area is 137 Å². The summed E-state index contributed by atoms with van der Waals surface area (Å²) >= 11 is 0. The van der Waals surface area contributed by atoms with Crippen molar-refractivity contribution in [2.75, 3.05) is 5.32 Å². The topological polar surface area (TPSA) is 64.0 Å². The molecule has 3 aromatic rings. The number of hydrogen-bond acceptors (Lipinski definition) is 3. The fraction of sp³-hybridized carbons (Fsp3) is 0.167. The van der Waals surface area contributed by atoms with Crippen LogP contribution in [-0.4, -0.2) is 15.7 Å². The summed E-state index contributed by atoms with van der Waals surface area (Å²) in [6.07, 6.45) is 0.0193. The van der Waals surface area contributed by atoms with Crippen molar-refractivity contribution in [3.8, 4) is 0 Å². The van der Waals surface area contributed by atoms with Gasteiger partial charge in [0.2, 0.25) is 5.91 Å². The maximum Gasteiger partial charge on any atom is 0.274 e. The molecule has 0 radical (unpaired) electrons. The number of hydrogen-bond donors (Lipinski definition) is 1. The zero-order valence-corrected chi connectivity index (χ0v) is 13.3. The van der Waals surface area contributed by atoms with E-state index < -0.39 is 0 Å². The molecule has 0 bridgehead atoms. The van der Waals surface area contributed by atoms with Gasteiger partial charge in [0, 0.05) is 18.1 Å². The first-order chi connectivity index (χ1) is 11.5. The van der Waals surface area contributed by atoms with Crippen LogP contribution in [0.3, 0.4) is 0 Å². The second-order valence-corrected chi connectivity index (χ2v) is 5.61. The van der Waals surface area contributed by atoms with Gasteiger partial charge in [0.25, 0.3) is 5.56 Å². The third-order valence-electron chi connectivity index (χ3n) is 3.82. The Bertz CT molecular complexity index is 995. The highest BCUT2D eigenvalue weighted by atomic mass is 19.1. The minimum Gasteiger partial charge on any atom is -0.326 e. The molecule has 24 heavy (non-hydrogen) atoms. The molecule has 2 aromatic carbocycles. The zero-order chi connectivity index (χ0) is 17.3. The fourth-order valence-corrected chi connectivity index (χ4v) is 2.62. The molecule has 1 aromatic heterocycles. The van der Waals surface area contributed by atoms with Crippen molar-refractivity contribution in [3.05, 3.63) is 69.9 Å². The van der Waals surface area contributed by atoms with Gasteiger partial charge >= 0.3 is 0 Å². The Kier molecular flexibility index (Phi) is 4.12. The van der Waals surface area contributed by atoms with Crippen LogP contribution >= 0.6 is 0 Å². The molecule has 1 heterocycles. The average Bonchev–Trinajstić information content (AvgIpc) is 2.55. The van der Waals surface area contributed by atoms with Gasteiger partial charge in [-0.2, -0.15) is 5.10 Å². The minimum atomic E-state index is -0.351. The van der Waals surface area contributed by atoms with Gasteiger partial charge in [-0.05, 0) is 36.8 Å². The van der Waals surface area contributed by atoms with Crippen molar-refractivity contribution in [3.63, 3.8) is 0 Å². The first-order valence-electron chi connectivity index (χ1n) is 7.46. The van der Waals surface area contributed by atoms with Crippen LogP contribution in [0.25, 0.3) is 10.8 Å². The average molecular weight is 325 g/mol. The van der Waals surface area contributed by atoms with Crippen LogP contribution in [0.4, 0.5) is 10.1 Å². The number of nitrogens with one attached hydrogen (secondary N) is 1. The number of fused-ring (bicyclic) bond motifs is 1. The molecule has 0 aliphatic heterocycles. The van der Waals surface area contributed by atoms with Gasteiger partial charge < -0.3 is 5.32 Å². The molecule has 0 atom stereocenters. The Morgan fingerprint density at radius 3 is 2.62 bits per heavy atom. The fourth-order valence-electron chi connectivity index (χ4n) is 2.62. The Balaban J connectivity index is 1.91. The van der Waals surface area contributed by atoms with Crippen LogP contribution in [0.15, 0.2) is 47.3 Å². The minimum absolute atomic E-state index is 0.0193. The molecule has 6 heteroatoms. The molecule has 5 nitrogen and oxygen atoms in total. The van der Waals surface area contributed by atoms with Gasteiger partial charge in [0.1, 0.15) is 5.82 Å². The number of nitrogens with zero attached hydrogens (tertiary/aromatic N) is 2. The van der Waals surface area contributed by atoms with E-state index in [4.69, 9.17) is 0 Å². The summed E-state index contributed by atoms with van der Waals surface area (Å²) in [5.74, 6) is -0.628. The van der Waals surface area contributed by atoms with Crippen LogP contribution in [-0.2, 0) is 18.3 Å². The third-order valence-corrected chi connectivity index (χ3v) is 3.82. The molecular formula is C18H16FN3O2. The third kappa shape index (κ3) is 3.03. The van der Waals surface area contributed by atoms with Crippen molar-refractivity contribution in [2.24, 2.45) is 7.05 Å². The molecule has 0 unspecified atom stereocenters. The molecule has 1 N–H and O–H groups in total. The summed E-state index contributed by atoms with van der Waals surface area (Å²) in [6.45, 7) is 1.72. The zero-order valence-electron chi connectivity index (χ0n) is 13.3. The van der Waals surface area contributed by atoms with Crippen LogP contribution < -0.4 is 10.9 Å². The maximum absolute atomic E-state index is 13.1. The predicted octanol–water partition coefficient (Wildman–Crippen LogP) is 2.56. The highest BCUT2D eigenvalue weighted by Crippen LogP contribution is 2.17. The molecule has 0 fully saturated rings. The second kappa shape index (κ2) is 6.23. The number of halogens is 1. The van der Waals surface area contributed by atoms with Crippen molar-refractivity contribution in [1.29, 1.82) is 0 Å². The lowest BCUT2D eigenvalue weighted by Gasteiger charge is -2.10. The van der Waals surface area contributed by atoms with E-state index in [0.29, 0.717) is 27.7 Å². The SMILES string of the molecule is Cc1cc(F)ccc1NC(=O)Cc1nn(C)c(=O)c2ccccc12. The number of anilines is 1. The maximum atomic E-state index is 13.1. The normalized spacial score (nSPS) is 10.8. The number of amides is 1. The van der Waals surface area contributed by atoms with Gasteiger partial charge in [-0.3, -0.25) is 9.59 Å². The van der Waals surface area contributed by atoms with E-state index in [-0.39, 0.29) is 23.7 Å². The largest absolute Gasteiger partial charge is 0.326 e. The first kappa shape index (κ1) is 15.9. The molecule has 0 aliphatic carbocycles. The lowest BCUT2D eigenvalue weighted by Crippen LogP contribution is -2.24. The van der Waals surface area contributed by atoms with Crippen molar-refractivity contribution >= 4 is 22.4 Å². The standard InChI is InChI=1S/C18H16FN3O2/c1-11-9-12(19)7-8-15(11)20-17(23)10-16-13-5-3-4-6-14(13)18(24)22(2)21-16/h3-9H,10H2,1-2H3,(H,20,23). The summed E-state index contributed by atoms with van der Waals surface area (Å²) in [7, 11) is 1.56. The van der Waals surface area contributed by atoms with E-state index in [0.717, 1.165) is 0 Å². The van der Waals surface area contributed by atoms with Crippen molar-refractivity contribution in [1.82, 2.24) is 9.78 Å². The van der Waals surface area contributed by atoms with Crippen molar-refractivity contribution < 1.29 is 9.18 Å². The highest BCUT2D eigenvalue weighted by Gasteiger charge is 2.13. The van der Waals surface area contributed by atoms with Gasteiger partial charge in [-0.25, -0.2) is 9.07 Å². The Hall–Kier alpha value is -3.02. The smallest absolute Gasteiger partial charge is 0.274 e. The summed E-state index contributed by atoms with van der Waals surface area (Å²) in [6, 6.07) is 11.2.